The number of Topliss-reactive ketones (excluding diaryl/α,β-unsaturated/α-hetero) is 1. The number of amides is 1. The Morgan fingerprint density at radius 2 is 1.91 bits per heavy atom. The predicted molar refractivity (Wildman–Crippen MR) is 176 cm³/mol. The summed E-state index contributed by atoms with van der Waals surface area (Å²) in [6, 6.07) is 9.99. The van der Waals surface area contributed by atoms with Crippen LogP contribution in [0.2, 0.25) is 0 Å². The van der Waals surface area contributed by atoms with Crippen molar-refractivity contribution in [2.24, 2.45) is 34.0 Å². The average Bonchev–Trinajstić information content (AvgIpc) is 3.38. The smallest absolute Gasteiger partial charge is 0.461 e. The second kappa shape index (κ2) is 12.9. The van der Waals surface area contributed by atoms with Gasteiger partial charge in [0.2, 0.25) is 0 Å². The highest BCUT2D eigenvalue weighted by atomic mass is 32.2. The number of thioether (sulfide) groups is 1. The fourth-order valence-corrected chi connectivity index (χ4v) is 9.31. The number of nitrogens with one attached hydrogen (secondary N) is 1. The second-order valence-electron chi connectivity index (χ2n) is 13.9. The van der Waals surface area contributed by atoms with Crippen LogP contribution in [0.15, 0.2) is 60.0 Å². The molecule has 2 aromatic carbocycles. The molecule has 1 amide bonds. The summed E-state index contributed by atoms with van der Waals surface area (Å²) in [7, 11) is -1.85. The molecule has 0 spiro atoms. The third kappa shape index (κ3) is 5.96. The summed E-state index contributed by atoms with van der Waals surface area (Å²) in [5.41, 5.74) is -1.67. The first-order valence-electron chi connectivity index (χ1n) is 15.9. The zero-order valence-electron chi connectivity index (χ0n) is 26.8. The molecule has 0 aliphatic heterocycles. The molecule has 0 saturated heterocycles. The van der Waals surface area contributed by atoms with E-state index in [0.29, 0.717) is 23.4 Å². The lowest BCUT2D eigenvalue weighted by Gasteiger charge is -2.61. The van der Waals surface area contributed by atoms with Crippen molar-refractivity contribution in [3.8, 4) is 0 Å². The topological polar surface area (TPSA) is 133 Å². The van der Waals surface area contributed by atoms with Crippen LogP contribution in [0.1, 0.15) is 70.2 Å². The van der Waals surface area contributed by atoms with Crippen molar-refractivity contribution in [1.82, 2.24) is 0 Å². The Balaban J connectivity index is 1.33. The fraction of sp³-hybridized carbons (Fsp3) is 0.514. The number of ketones is 1. The summed E-state index contributed by atoms with van der Waals surface area (Å²) in [5.74, 6) is -2.14. The van der Waals surface area contributed by atoms with Crippen molar-refractivity contribution in [2.45, 2.75) is 76.9 Å². The number of benzene rings is 2. The van der Waals surface area contributed by atoms with Gasteiger partial charge >= 0.3 is 13.1 Å². The van der Waals surface area contributed by atoms with Crippen LogP contribution in [-0.4, -0.2) is 57.9 Å². The Kier molecular flexibility index (Phi) is 9.63. The number of carbonyl (C=O) groups is 3. The van der Waals surface area contributed by atoms with Gasteiger partial charge in [0.05, 0.1) is 17.4 Å². The third-order valence-electron chi connectivity index (χ3n) is 11.6. The van der Waals surface area contributed by atoms with Crippen LogP contribution >= 0.6 is 11.8 Å². The monoisotopic (exact) mass is 651 g/mol. The van der Waals surface area contributed by atoms with Crippen molar-refractivity contribution in [1.29, 1.82) is 0 Å². The highest BCUT2D eigenvalue weighted by molar-refractivity contribution is 8.00. The van der Waals surface area contributed by atoms with Crippen molar-refractivity contribution >= 4 is 47.7 Å². The van der Waals surface area contributed by atoms with Crippen LogP contribution in [0.3, 0.4) is 0 Å². The highest BCUT2D eigenvalue weighted by Crippen LogP contribution is 2.68. The van der Waals surface area contributed by atoms with E-state index in [1.165, 1.54) is 17.8 Å². The van der Waals surface area contributed by atoms with E-state index in [1.807, 2.05) is 6.92 Å². The van der Waals surface area contributed by atoms with Crippen molar-refractivity contribution in [3.05, 3.63) is 66.5 Å². The molecule has 11 heteroatoms. The molecule has 3 saturated carbocycles. The van der Waals surface area contributed by atoms with E-state index in [9.17, 15) is 33.9 Å². The molecule has 3 aliphatic rings. The van der Waals surface area contributed by atoms with Crippen LogP contribution < -0.4 is 10.8 Å². The predicted octanol–water partition coefficient (Wildman–Crippen LogP) is 4.76. The van der Waals surface area contributed by atoms with Gasteiger partial charge in [-0.1, -0.05) is 45.9 Å². The molecule has 8 nitrogen and oxygen atoms in total. The lowest BCUT2D eigenvalue weighted by atomic mass is 9.44. The number of aliphatic hydroxyl groups is 1. The normalized spacial score (nSPS) is 33.7. The molecule has 8 atom stereocenters. The number of carbonyl (C=O) groups excluding carboxylic acids is 3. The van der Waals surface area contributed by atoms with Crippen molar-refractivity contribution < 1.29 is 38.7 Å². The highest BCUT2D eigenvalue weighted by Gasteiger charge is 2.68. The van der Waals surface area contributed by atoms with Gasteiger partial charge in [0, 0.05) is 33.8 Å². The third-order valence-corrected chi connectivity index (χ3v) is 12.5. The average molecular weight is 652 g/mol. The van der Waals surface area contributed by atoms with Crippen molar-refractivity contribution in [2.75, 3.05) is 11.1 Å². The summed E-state index contributed by atoms with van der Waals surface area (Å²) in [6.07, 6.45) is 3.72. The minimum atomic E-state index is -1.85. The molecule has 0 heterocycles. The molecule has 0 unspecified atom stereocenters. The first-order valence-corrected chi connectivity index (χ1v) is 16.9. The Labute approximate surface area is 274 Å². The molecular weight excluding hydrogens is 608 g/mol. The zero-order valence-corrected chi connectivity index (χ0v) is 27.6. The molecule has 5 rings (SSSR count). The van der Waals surface area contributed by atoms with E-state index in [1.54, 1.807) is 30.3 Å². The lowest BCUT2D eigenvalue weighted by Crippen LogP contribution is -2.63. The van der Waals surface area contributed by atoms with Crippen LogP contribution in [0.4, 0.5) is 10.1 Å². The molecule has 2 bridgehead atoms. The van der Waals surface area contributed by atoms with Gasteiger partial charge in [0.15, 0.2) is 0 Å². The summed E-state index contributed by atoms with van der Waals surface area (Å²) in [6.45, 7) is 12.3. The van der Waals surface area contributed by atoms with Gasteiger partial charge < -0.3 is 25.2 Å². The number of rotatable bonds is 8. The Bertz CT molecular complexity index is 1540. The summed E-state index contributed by atoms with van der Waals surface area (Å²) >= 11 is 1.22. The standard InChI is InChI=1S/C35H43BFNO7S/c1-6-33(4)18-28(34(5)20(2)12-14-35(21(3)31(33)41)15-13-27(39)30(34)35)45-29(40)19-46-24-9-7-8-23(17-24)38-32(42)25-16-22(36(43)44)10-11-26(25)37/h6-11,16-17,20-21,28,30-31,41,43-44H,1,12-15,18-19H2,2-5H3,(H,38,42)/t20-,21+,28-,30+,31+,33-,34+,35+/m1/s1. The maximum Gasteiger partial charge on any atom is 0.488 e. The Morgan fingerprint density at radius 3 is 2.61 bits per heavy atom. The molecule has 3 aliphatic carbocycles. The minimum Gasteiger partial charge on any atom is -0.461 e. The van der Waals surface area contributed by atoms with Gasteiger partial charge in [-0.3, -0.25) is 14.4 Å². The van der Waals surface area contributed by atoms with Gasteiger partial charge in [-0.15, -0.1) is 18.3 Å². The first kappa shape index (κ1) is 34.4. The van der Waals surface area contributed by atoms with E-state index in [4.69, 9.17) is 4.74 Å². The van der Waals surface area contributed by atoms with E-state index in [2.05, 4.69) is 32.7 Å². The van der Waals surface area contributed by atoms with Gasteiger partial charge in [-0.2, -0.15) is 0 Å². The Hall–Kier alpha value is -2.99. The molecule has 0 radical (unpaired) electrons. The van der Waals surface area contributed by atoms with Crippen LogP contribution in [0.25, 0.3) is 0 Å². The largest absolute Gasteiger partial charge is 0.488 e. The fourth-order valence-electron chi connectivity index (χ4n) is 8.58. The van der Waals surface area contributed by atoms with E-state index in [0.717, 1.165) is 31.4 Å². The van der Waals surface area contributed by atoms with E-state index in [-0.39, 0.29) is 45.7 Å². The quantitative estimate of drug-likeness (QED) is 0.139. The van der Waals surface area contributed by atoms with Gasteiger partial charge in [0.25, 0.3) is 5.91 Å². The molecule has 246 valence electrons. The molecule has 4 N–H and O–H groups in total. The Morgan fingerprint density at radius 1 is 1.17 bits per heavy atom. The number of esters is 1. The van der Waals surface area contributed by atoms with Crippen molar-refractivity contribution in [3.63, 3.8) is 0 Å². The molecular formula is C35H43BFNO7S. The van der Waals surface area contributed by atoms with Crippen LogP contribution in [0, 0.1) is 39.8 Å². The maximum atomic E-state index is 14.3. The molecule has 46 heavy (non-hydrogen) atoms. The second-order valence-corrected chi connectivity index (χ2v) is 15.0. The van der Waals surface area contributed by atoms with Crippen LogP contribution in [0.5, 0.6) is 0 Å². The van der Waals surface area contributed by atoms with Gasteiger partial charge in [-0.25, -0.2) is 4.39 Å². The first-order chi connectivity index (χ1) is 21.7. The lowest BCUT2D eigenvalue weighted by molar-refractivity contribution is -0.205. The summed E-state index contributed by atoms with van der Waals surface area (Å²) in [5, 5.41) is 33.1. The number of hydrogen-bond acceptors (Lipinski definition) is 8. The minimum absolute atomic E-state index is 0.0180. The number of ether oxygens (including phenoxy) is 1. The van der Waals surface area contributed by atoms with Gasteiger partial charge in [0.1, 0.15) is 17.7 Å². The molecule has 0 aromatic heterocycles. The summed E-state index contributed by atoms with van der Waals surface area (Å²) < 4.78 is 20.6. The number of halogens is 1. The van der Waals surface area contributed by atoms with Crippen LogP contribution in [-0.2, 0) is 14.3 Å². The number of hydrogen-bond donors (Lipinski definition) is 4. The SMILES string of the molecule is C=C[C@]1(C)C[C@@H](OC(=O)CSc2cccc(NC(=O)c3cc(B(O)O)ccc3F)c2)[C@]2(C)[C@H](C)CC[C@]3(CCC(=O)[C@H]32)[C@@H](C)[C@@H]1O. The number of anilines is 1. The maximum absolute atomic E-state index is 14.3. The summed E-state index contributed by atoms with van der Waals surface area (Å²) in [4.78, 5) is 40.6. The van der Waals surface area contributed by atoms with E-state index < -0.39 is 47.9 Å². The van der Waals surface area contributed by atoms with Gasteiger partial charge in [-0.05, 0) is 78.7 Å². The molecule has 2 aromatic rings. The zero-order chi connectivity index (χ0) is 33.6. The molecule has 3 fully saturated rings. The van der Waals surface area contributed by atoms with E-state index >= 15 is 0 Å². The number of aliphatic hydroxyl groups excluding tert-OH is 1.